The summed E-state index contributed by atoms with van der Waals surface area (Å²) in [5.41, 5.74) is 3.47. The molecule has 2 aliphatic rings. The van der Waals surface area contributed by atoms with E-state index in [0.29, 0.717) is 28.6 Å². The van der Waals surface area contributed by atoms with Crippen molar-refractivity contribution in [2.24, 2.45) is 7.05 Å². The highest BCUT2D eigenvalue weighted by Crippen LogP contribution is 2.40. The summed E-state index contributed by atoms with van der Waals surface area (Å²) >= 11 is 1.46. The van der Waals surface area contributed by atoms with Crippen molar-refractivity contribution in [3.8, 4) is 0 Å². The molecule has 3 aromatic carbocycles. The van der Waals surface area contributed by atoms with Crippen LogP contribution in [0.1, 0.15) is 47.5 Å². The number of benzene rings is 3. The fourth-order valence-electron chi connectivity index (χ4n) is 5.27. The molecule has 6 rings (SSSR count). The normalized spacial score (nSPS) is 21.4. The van der Waals surface area contributed by atoms with Crippen LogP contribution in [0.5, 0.6) is 0 Å². The van der Waals surface area contributed by atoms with Crippen LogP contribution in [-0.2, 0) is 44.1 Å². The van der Waals surface area contributed by atoms with E-state index in [0.717, 1.165) is 21.6 Å². The van der Waals surface area contributed by atoms with Gasteiger partial charge in [0.15, 0.2) is 6.29 Å². The van der Waals surface area contributed by atoms with Gasteiger partial charge in [0.1, 0.15) is 12.6 Å². The minimum absolute atomic E-state index is 0.0379. The third-order valence-electron chi connectivity index (χ3n) is 7.65. The van der Waals surface area contributed by atoms with Crippen LogP contribution in [0.2, 0.25) is 0 Å². The van der Waals surface area contributed by atoms with Gasteiger partial charge in [-0.2, -0.15) is 0 Å². The predicted octanol–water partition coefficient (Wildman–Crippen LogP) is 3.60. The molecule has 0 radical (unpaired) electrons. The third kappa shape index (κ3) is 7.26. The highest BCUT2D eigenvalue weighted by Gasteiger charge is 2.41. The van der Waals surface area contributed by atoms with Crippen molar-refractivity contribution in [3.05, 3.63) is 101 Å². The molecule has 1 aromatic heterocycles. The zero-order valence-electron chi connectivity index (χ0n) is 24.9. The number of carbonyl (C=O) groups excluding carboxylic acids is 3. The van der Waals surface area contributed by atoms with Crippen molar-refractivity contribution in [2.75, 3.05) is 10.7 Å². The summed E-state index contributed by atoms with van der Waals surface area (Å²) in [5, 5.41) is 24.3. The van der Waals surface area contributed by atoms with Gasteiger partial charge in [-0.15, -0.1) is 5.10 Å². The number of hydrogen-bond donors (Lipinski definition) is 2. The number of aliphatic hydroxyl groups excluding tert-OH is 1. The Bertz CT molecular complexity index is 1690. The van der Waals surface area contributed by atoms with Gasteiger partial charge in [0.25, 0.3) is 5.91 Å². The van der Waals surface area contributed by atoms with Gasteiger partial charge in [-0.05, 0) is 39.2 Å². The number of ether oxygens (including phenoxy) is 3. The topological polar surface area (TPSA) is 158 Å². The van der Waals surface area contributed by atoms with Crippen molar-refractivity contribution >= 4 is 35.4 Å². The van der Waals surface area contributed by atoms with Gasteiger partial charge in [-0.3, -0.25) is 9.59 Å². The summed E-state index contributed by atoms with van der Waals surface area (Å²) < 4.78 is 19.7. The first kappa shape index (κ1) is 31.4. The number of thioether (sulfide) groups is 1. The molecule has 3 amide bonds. The molecule has 2 saturated heterocycles. The molecule has 238 valence electrons. The van der Waals surface area contributed by atoms with E-state index < -0.39 is 30.2 Å². The molecule has 3 heterocycles. The maximum atomic E-state index is 13.3. The zero-order valence-corrected chi connectivity index (χ0v) is 25.7. The number of imide groups is 1. The van der Waals surface area contributed by atoms with E-state index in [4.69, 9.17) is 14.2 Å². The summed E-state index contributed by atoms with van der Waals surface area (Å²) in [6.07, 6.45) is -1.81. The SMILES string of the molecule is Cn1nnnc1SC[C@H]1C[C@@H](c2ccc(CO)cc2)O[C@@H](c2cccc(N3C(=O)CC(NC(=O)OCc4ccccc4)C3=O)c2)O1. The van der Waals surface area contributed by atoms with Crippen LogP contribution >= 0.6 is 11.8 Å². The molecule has 2 aliphatic heterocycles. The Morgan fingerprint density at radius 2 is 1.83 bits per heavy atom. The molecule has 2 fully saturated rings. The van der Waals surface area contributed by atoms with Crippen LogP contribution in [0.4, 0.5) is 10.5 Å². The van der Waals surface area contributed by atoms with Crippen LogP contribution < -0.4 is 10.2 Å². The van der Waals surface area contributed by atoms with Crippen LogP contribution in [0.3, 0.4) is 0 Å². The summed E-state index contributed by atoms with van der Waals surface area (Å²) in [6.45, 7) is -0.0231. The van der Waals surface area contributed by atoms with E-state index in [1.54, 1.807) is 29.9 Å². The number of aryl methyl sites for hydroxylation is 1. The Morgan fingerprint density at radius 3 is 2.57 bits per heavy atom. The van der Waals surface area contributed by atoms with Crippen LogP contribution in [0.25, 0.3) is 0 Å². The Kier molecular flexibility index (Phi) is 9.68. The van der Waals surface area contributed by atoms with Gasteiger partial charge in [0.2, 0.25) is 11.1 Å². The lowest BCUT2D eigenvalue weighted by Gasteiger charge is -2.36. The first-order valence-corrected chi connectivity index (χ1v) is 15.7. The maximum absolute atomic E-state index is 13.3. The van der Waals surface area contributed by atoms with Gasteiger partial charge in [0, 0.05) is 24.8 Å². The van der Waals surface area contributed by atoms with Crippen LogP contribution in [0.15, 0.2) is 84.0 Å². The smallest absolute Gasteiger partial charge is 0.408 e. The molecule has 4 atom stereocenters. The third-order valence-corrected chi connectivity index (χ3v) is 8.79. The average Bonchev–Trinajstić information content (AvgIpc) is 3.63. The van der Waals surface area contributed by atoms with E-state index in [9.17, 15) is 19.5 Å². The summed E-state index contributed by atoms with van der Waals surface area (Å²) in [5.74, 6) is -0.456. The van der Waals surface area contributed by atoms with Crippen molar-refractivity contribution < 1.29 is 33.7 Å². The number of tetrazole rings is 1. The largest absolute Gasteiger partial charge is 0.445 e. The number of rotatable bonds is 10. The number of hydrogen-bond acceptors (Lipinski definition) is 11. The molecular weight excluding hydrogens is 612 g/mol. The first-order chi connectivity index (χ1) is 22.4. The number of nitrogens with zero attached hydrogens (tertiary/aromatic N) is 5. The minimum atomic E-state index is -1.05. The van der Waals surface area contributed by atoms with Gasteiger partial charge in [0.05, 0.1) is 30.9 Å². The number of alkyl carbamates (subject to hydrolysis) is 1. The Balaban J connectivity index is 1.16. The molecule has 14 heteroatoms. The number of nitrogens with one attached hydrogen (secondary N) is 1. The second-order valence-corrected chi connectivity index (χ2v) is 11.9. The summed E-state index contributed by atoms with van der Waals surface area (Å²) in [6, 6.07) is 22.5. The molecular formula is C32H32N6O7S. The van der Waals surface area contributed by atoms with E-state index in [1.807, 2.05) is 60.7 Å². The average molecular weight is 645 g/mol. The fraction of sp³-hybridized carbons (Fsp3) is 0.312. The molecule has 1 unspecified atom stereocenters. The Labute approximate surface area is 268 Å². The molecule has 4 aromatic rings. The van der Waals surface area contributed by atoms with Gasteiger partial charge < -0.3 is 24.6 Å². The second-order valence-electron chi connectivity index (χ2n) is 10.9. The quantitative estimate of drug-likeness (QED) is 0.192. The second kappa shape index (κ2) is 14.2. The standard InChI is InChI=1S/C32H32N6O7S/c1-37-31(34-35-36-37)46-19-25-15-27(22-12-10-20(17-39)11-13-22)45-30(44-25)23-8-5-9-24(14-23)38-28(40)16-26(29(38)41)33-32(42)43-18-21-6-3-2-4-7-21/h2-14,25-27,30,39H,15-19H2,1H3,(H,33,42)/t25-,26?,27+,30+/m1/s1. The zero-order chi connectivity index (χ0) is 32.0. The lowest BCUT2D eigenvalue weighted by atomic mass is 10.0. The van der Waals surface area contributed by atoms with E-state index in [-0.39, 0.29) is 31.8 Å². The highest BCUT2D eigenvalue weighted by molar-refractivity contribution is 7.99. The lowest BCUT2D eigenvalue weighted by Crippen LogP contribution is -2.42. The molecule has 0 bridgehead atoms. The van der Waals surface area contributed by atoms with E-state index in [1.165, 1.54) is 11.8 Å². The number of carbonyl (C=O) groups is 3. The fourth-order valence-corrected chi connectivity index (χ4v) is 6.13. The maximum Gasteiger partial charge on any atom is 0.408 e. The van der Waals surface area contributed by atoms with Crippen LogP contribution in [-0.4, -0.2) is 61.1 Å². The molecule has 46 heavy (non-hydrogen) atoms. The first-order valence-electron chi connectivity index (χ1n) is 14.7. The number of aliphatic hydroxyl groups is 1. The van der Waals surface area contributed by atoms with Crippen LogP contribution in [0, 0.1) is 0 Å². The van der Waals surface area contributed by atoms with Crippen molar-refractivity contribution in [3.63, 3.8) is 0 Å². The Hall–Kier alpha value is -4.63. The van der Waals surface area contributed by atoms with Gasteiger partial charge >= 0.3 is 6.09 Å². The van der Waals surface area contributed by atoms with Crippen molar-refractivity contribution in [2.45, 2.75) is 55.8 Å². The van der Waals surface area contributed by atoms with Crippen molar-refractivity contribution in [1.29, 1.82) is 0 Å². The van der Waals surface area contributed by atoms with Crippen molar-refractivity contribution in [1.82, 2.24) is 25.5 Å². The number of aromatic nitrogens is 4. The van der Waals surface area contributed by atoms with Gasteiger partial charge in [-0.1, -0.05) is 78.5 Å². The van der Waals surface area contributed by atoms with E-state index in [2.05, 4.69) is 20.8 Å². The molecule has 2 N–H and O–H groups in total. The lowest BCUT2D eigenvalue weighted by molar-refractivity contribution is -0.245. The molecule has 13 nitrogen and oxygen atoms in total. The minimum Gasteiger partial charge on any atom is -0.445 e. The molecule has 0 spiro atoms. The van der Waals surface area contributed by atoms with E-state index >= 15 is 0 Å². The Morgan fingerprint density at radius 1 is 1.02 bits per heavy atom. The monoisotopic (exact) mass is 644 g/mol. The molecule has 0 saturated carbocycles. The number of amides is 3. The summed E-state index contributed by atoms with van der Waals surface area (Å²) in [7, 11) is 1.77. The summed E-state index contributed by atoms with van der Waals surface area (Å²) in [4.78, 5) is 39.8. The molecule has 0 aliphatic carbocycles. The highest BCUT2D eigenvalue weighted by atomic mass is 32.2. The van der Waals surface area contributed by atoms with Gasteiger partial charge in [-0.25, -0.2) is 14.4 Å². The predicted molar refractivity (Wildman–Crippen MR) is 165 cm³/mol. The number of anilines is 1.